The summed E-state index contributed by atoms with van der Waals surface area (Å²) < 4.78 is 0. The first kappa shape index (κ1) is 16.2. The van der Waals surface area contributed by atoms with Crippen molar-refractivity contribution in [2.75, 3.05) is 0 Å². The third kappa shape index (κ3) is 26.6. The van der Waals surface area contributed by atoms with Crippen molar-refractivity contribution in [3.05, 3.63) is 20.1 Å². The van der Waals surface area contributed by atoms with Crippen molar-refractivity contribution < 1.29 is 19.5 Å². The summed E-state index contributed by atoms with van der Waals surface area (Å²) in [5.41, 5.74) is 0. The van der Waals surface area contributed by atoms with Crippen molar-refractivity contribution in [3.63, 3.8) is 0 Å². The third-order valence-corrected chi connectivity index (χ3v) is 0.236. The van der Waals surface area contributed by atoms with Crippen molar-refractivity contribution in [3.8, 4) is 0 Å². The van der Waals surface area contributed by atoms with Gasteiger partial charge in [0.1, 0.15) is 0 Å². The molecule has 32 valence electrons. The van der Waals surface area contributed by atoms with Gasteiger partial charge in [-0.3, -0.25) is 6.08 Å². The minimum absolute atomic E-state index is 0. The van der Waals surface area contributed by atoms with Gasteiger partial charge in [-0.2, -0.15) is 0 Å². The van der Waals surface area contributed by atoms with E-state index in [2.05, 4.69) is 0 Å². The number of allylic oxidation sites excluding steroid dienone is 1. The molecule has 0 unspecified atom stereocenters. The first-order valence-electron chi connectivity index (χ1n) is 1.45. The third-order valence-electron chi connectivity index (χ3n) is 0.236. The second-order valence-corrected chi connectivity index (χ2v) is 0.644. The van der Waals surface area contributed by atoms with E-state index in [4.69, 9.17) is 6.58 Å². The Hall–Kier alpha value is 0.363. The average Bonchev–Trinajstić information content (AvgIpc) is 1.37. The summed E-state index contributed by atoms with van der Waals surface area (Å²) in [6, 6.07) is 0. The van der Waals surface area contributed by atoms with Gasteiger partial charge < -0.3 is 14.0 Å². The van der Waals surface area contributed by atoms with Gasteiger partial charge in [-0.25, -0.2) is 0 Å². The van der Waals surface area contributed by atoms with E-state index in [-0.39, 0.29) is 26.9 Å². The van der Waals surface area contributed by atoms with Crippen LogP contribution < -0.4 is 0 Å². The second-order valence-electron chi connectivity index (χ2n) is 0.644. The van der Waals surface area contributed by atoms with Gasteiger partial charge in [-0.1, -0.05) is 13.3 Å². The first-order valence-corrected chi connectivity index (χ1v) is 1.45. The Labute approximate surface area is 53.4 Å². The van der Waals surface area contributed by atoms with Crippen molar-refractivity contribution in [1.82, 2.24) is 0 Å². The fourth-order valence-electron chi connectivity index (χ4n) is 0. The minimum Gasteiger partial charge on any atom is -0.518 e. The quantitative estimate of drug-likeness (QED) is 0.380. The summed E-state index contributed by atoms with van der Waals surface area (Å²) in [6.07, 6.45) is 2.60. The van der Waals surface area contributed by atoms with Crippen LogP contribution in [0.4, 0.5) is 0 Å². The van der Waals surface area contributed by atoms with E-state index in [0.717, 1.165) is 6.42 Å². The zero-order chi connectivity index (χ0) is 3.41. The Morgan fingerprint density at radius 3 is 1.83 bits per heavy atom. The largest absolute Gasteiger partial charge is 2.00 e. The molecule has 0 rings (SSSR count). The average molecular weight is 136 g/mol. The van der Waals surface area contributed by atoms with Crippen molar-refractivity contribution in [2.24, 2.45) is 0 Å². The number of hydrogen-bond acceptors (Lipinski definition) is 0. The predicted octanol–water partition coefficient (Wildman–Crippen LogP) is 1.83. The molecule has 0 heterocycles. The van der Waals surface area contributed by atoms with Gasteiger partial charge in [0.05, 0.1) is 0 Å². The molecule has 0 amide bonds. The van der Waals surface area contributed by atoms with E-state index in [9.17, 15) is 0 Å². The second kappa shape index (κ2) is 18.3. The first-order chi connectivity index (χ1) is 1.91. The molecule has 0 spiro atoms. The van der Waals surface area contributed by atoms with Gasteiger partial charge in [0, 0.05) is 0 Å². The molecule has 0 radical (unpaired) electrons. The van der Waals surface area contributed by atoms with Crippen LogP contribution in [-0.4, -0.2) is 0 Å². The summed E-state index contributed by atoms with van der Waals surface area (Å²) in [6.45, 7) is 6.90. The zero-order valence-electron chi connectivity index (χ0n) is 4.57. The van der Waals surface area contributed by atoms with Crippen LogP contribution in [0.5, 0.6) is 0 Å². The molecule has 0 atom stereocenters. The molecule has 0 saturated carbocycles. The minimum atomic E-state index is 0. The molecule has 6 heavy (non-hydrogen) atoms. The Morgan fingerprint density at radius 1 is 1.67 bits per heavy atom. The normalized spacial score (nSPS) is 4.17. The van der Waals surface area contributed by atoms with Crippen LogP contribution in [0.2, 0.25) is 0 Å². The molecule has 0 aromatic rings. The van der Waals surface area contributed by atoms with Gasteiger partial charge in [-0.05, 0) is 0 Å². The fourth-order valence-corrected chi connectivity index (χ4v) is 0. The van der Waals surface area contributed by atoms with Gasteiger partial charge in [-0.15, -0.1) is 0 Å². The van der Waals surface area contributed by atoms with Gasteiger partial charge in [0.25, 0.3) is 0 Å². The molecule has 0 fully saturated rings. The fraction of sp³-hybridized carbons (Fsp3) is 0.400. The van der Waals surface area contributed by atoms with Crippen LogP contribution >= 0.6 is 0 Å². The molecule has 0 aromatic carbocycles. The molecule has 0 aliphatic carbocycles. The van der Waals surface area contributed by atoms with E-state index >= 15 is 0 Å². The maximum Gasteiger partial charge on any atom is 2.00 e. The Kier molecular flexibility index (Phi) is 49.3. The maximum absolute atomic E-state index is 4.90. The predicted molar refractivity (Wildman–Crippen MR) is 25.6 cm³/mol. The van der Waals surface area contributed by atoms with Crippen molar-refractivity contribution >= 4 is 0 Å². The van der Waals surface area contributed by atoms with Crippen LogP contribution in [0.25, 0.3) is 0 Å². The Balaban J connectivity index is -0.0000000450. The zero-order valence-corrected chi connectivity index (χ0v) is 7.54. The van der Waals surface area contributed by atoms with Crippen molar-refractivity contribution in [1.29, 1.82) is 0 Å². The van der Waals surface area contributed by atoms with Crippen LogP contribution in [0.15, 0.2) is 6.08 Å². The van der Waals surface area contributed by atoms with E-state index in [1.807, 2.05) is 6.92 Å². The summed E-state index contributed by atoms with van der Waals surface area (Å²) in [7, 11) is 0. The van der Waals surface area contributed by atoms with E-state index < -0.39 is 0 Å². The van der Waals surface area contributed by atoms with Gasteiger partial charge >= 0.3 is 19.5 Å². The summed E-state index contributed by atoms with van der Waals surface area (Å²) in [5.74, 6) is 0. The summed E-state index contributed by atoms with van der Waals surface area (Å²) in [5, 5.41) is 0. The molecular weight excluding hydrogens is 125 g/mol. The van der Waals surface area contributed by atoms with E-state index in [1.165, 1.54) is 0 Å². The SMILES string of the molecule is [CH-]=CCC.[CH3-].[Zn+2]. The summed E-state index contributed by atoms with van der Waals surface area (Å²) >= 11 is 0. The molecule has 0 saturated heterocycles. The maximum atomic E-state index is 4.90. The molecule has 0 nitrogen and oxygen atoms in total. The summed E-state index contributed by atoms with van der Waals surface area (Å²) in [4.78, 5) is 0. The molecular formula is C5H10Zn. The Morgan fingerprint density at radius 2 is 1.83 bits per heavy atom. The van der Waals surface area contributed by atoms with E-state index in [0.29, 0.717) is 0 Å². The monoisotopic (exact) mass is 134 g/mol. The van der Waals surface area contributed by atoms with Crippen LogP contribution in [0.1, 0.15) is 13.3 Å². The molecule has 0 N–H and O–H groups in total. The van der Waals surface area contributed by atoms with Crippen LogP contribution in [-0.2, 0) is 19.5 Å². The molecule has 0 aliphatic rings. The number of rotatable bonds is 1. The Bertz CT molecular complexity index is 17.9. The molecule has 1 heteroatoms. The molecule has 0 aromatic heterocycles. The van der Waals surface area contributed by atoms with Gasteiger partial charge in [0.15, 0.2) is 0 Å². The van der Waals surface area contributed by atoms with Crippen LogP contribution in [0, 0.1) is 14.0 Å². The van der Waals surface area contributed by atoms with E-state index in [1.54, 1.807) is 6.08 Å². The standard InChI is InChI=1S/C4H7.CH3.Zn/c1-3-4-2;;/h1,3H,4H2,2H3;1H3;/q2*-1;+2. The molecule has 0 bridgehead atoms. The number of hydrogen-bond donors (Lipinski definition) is 0. The topological polar surface area (TPSA) is 0 Å². The van der Waals surface area contributed by atoms with Crippen molar-refractivity contribution in [2.45, 2.75) is 13.3 Å². The van der Waals surface area contributed by atoms with Gasteiger partial charge in [0.2, 0.25) is 0 Å². The molecule has 0 aliphatic heterocycles. The van der Waals surface area contributed by atoms with Crippen LogP contribution in [0.3, 0.4) is 0 Å². The smallest absolute Gasteiger partial charge is 0.518 e.